The van der Waals surface area contributed by atoms with Crippen molar-refractivity contribution in [1.29, 1.82) is 0 Å². The molecule has 4 aromatic rings. The summed E-state index contributed by atoms with van der Waals surface area (Å²) in [6, 6.07) is 20.9. The molecule has 0 fully saturated rings. The number of amides is 1. The average Bonchev–Trinajstić information content (AvgIpc) is 2.86. The molecule has 9 heteroatoms. The van der Waals surface area contributed by atoms with Crippen molar-refractivity contribution in [2.75, 3.05) is 5.32 Å². The molecular weight excluding hydrogens is 464 g/mol. The molecule has 0 aliphatic heterocycles. The number of rotatable bonds is 8. The number of aromatic nitrogens is 2. The minimum atomic E-state index is -0.798. The Kier molecular flexibility index (Phi) is 7.26. The van der Waals surface area contributed by atoms with Gasteiger partial charge < -0.3 is 5.32 Å². The maximum atomic E-state index is 13.5. The van der Waals surface area contributed by atoms with Gasteiger partial charge in [-0.25, -0.2) is 4.98 Å². The minimum Gasteiger partial charge on any atom is -0.319 e. The van der Waals surface area contributed by atoms with Gasteiger partial charge in [0, 0.05) is 12.6 Å². The Hall–Kier alpha value is -3.98. The van der Waals surface area contributed by atoms with Crippen molar-refractivity contribution >= 4 is 39.9 Å². The Morgan fingerprint density at radius 3 is 2.54 bits per heavy atom. The largest absolute Gasteiger partial charge is 0.319 e. The summed E-state index contributed by atoms with van der Waals surface area (Å²) in [4.78, 5) is 42.5. The van der Waals surface area contributed by atoms with Gasteiger partial charge in [0.15, 0.2) is 5.16 Å². The summed E-state index contributed by atoms with van der Waals surface area (Å²) in [5, 5.41) is 14.4. The van der Waals surface area contributed by atoms with Crippen molar-refractivity contribution in [3.8, 4) is 0 Å². The molecule has 0 aliphatic carbocycles. The SMILES string of the molecule is CCCn1c(SC(C(=O)Nc2ccc(C)cc2[N+](=O)[O-])c2ccccc2)nc2ccccc2c1=O. The van der Waals surface area contributed by atoms with Gasteiger partial charge in [0.25, 0.3) is 11.2 Å². The number of aryl methyl sites for hydroxylation is 1. The van der Waals surface area contributed by atoms with Gasteiger partial charge in [-0.15, -0.1) is 0 Å². The van der Waals surface area contributed by atoms with Crippen molar-refractivity contribution in [2.24, 2.45) is 0 Å². The lowest BCUT2D eigenvalue weighted by molar-refractivity contribution is -0.384. The number of hydrogen-bond acceptors (Lipinski definition) is 6. The van der Waals surface area contributed by atoms with E-state index in [2.05, 4.69) is 5.32 Å². The first-order valence-electron chi connectivity index (χ1n) is 11.2. The van der Waals surface area contributed by atoms with Crippen LogP contribution in [0.15, 0.2) is 82.7 Å². The number of nitrogens with one attached hydrogen (secondary N) is 1. The fourth-order valence-corrected chi connectivity index (χ4v) is 4.88. The Morgan fingerprint density at radius 1 is 1.11 bits per heavy atom. The highest BCUT2D eigenvalue weighted by Gasteiger charge is 2.27. The first-order valence-corrected chi connectivity index (χ1v) is 12.0. The van der Waals surface area contributed by atoms with Crippen molar-refractivity contribution in [3.05, 3.63) is 104 Å². The normalized spacial score (nSPS) is 11.8. The highest BCUT2D eigenvalue weighted by atomic mass is 32.2. The maximum Gasteiger partial charge on any atom is 0.293 e. The number of carbonyl (C=O) groups is 1. The van der Waals surface area contributed by atoms with E-state index in [-0.39, 0.29) is 16.9 Å². The molecule has 0 saturated carbocycles. The molecule has 3 aromatic carbocycles. The van der Waals surface area contributed by atoms with Crippen LogP contribution in [-0.2, 0) is 11.3 Å². The number of carbonyl (C=O) groups excluding carboxylic acids is 1. The zero-order chi connectivity index (χ0) is 24.9. The highest BCUT2D eigenvalue weighted by Crippen LogP contribution is 2.36. The number of benzene rings is 3. The summed E-state index contributed by atoms with van der Waals surface area (Å²) in [6.07, 6.45) is 0.714. The quantitative estimate of drug-likeness (QED) is 0.152. The van der Waals surface area contributed by atoms with Gasteiger partial charge in [-0.05, 0) is 42.7 Å². The Labute approximate surface area is 206 Å². The summed E-state index contributed by atoms with van der Waals surface area (Å²) in [6.45, 7) is 4.17. The van der Waals surface area contributed by atoms with Gasteiger partial charge in [0.05, 0.1) is 15.8 Å². The topological polar surface area (TPSA) is 107 Å². The lowest BCUT2D eigenvalue weighted by Gasteiger charge is -2.19. The number of para-hydroxylation sites is 1. The number of nitro benzene ring substituents is 1. The van der Waals surface area contributed by atoms with E-state index in [0.29, 0.717) is 40.2 Å². The molecule has 8 nitrogen and oxygen atoms in total. The number of fused-ring (bicyclic) bond motifs is 1. The van der Waals surface area contributed by atoms with Crippen LogP contribution in [0.3, 0.4) is 0 Å². The van der Waals surface area contributed by atoms with Gasteiger partial charge in [-0.1, -0.05) is 67.2 Å². The zero-order valence-corrected chi connectivity index (χ0v) is 20.1. The molecule has 0 saturated heterocycles. The summed E-state index contributed by atoms with van der Waals surface area (Å²) >= 11 is 1.15. The molecule has 0 aliphatic rings. The van der Waals surface area contributed by atoms with E-state index in [4.69, 9.17) is 4.98 Å². The van der Waals surface area contributed by atoms with Crippen LogP contribution in [0.4, 0.5) is 11.4 Å². The first kappa shape index (κ1) is 24.2. The van der Waals surface area contributed by atoms with Crippen LogP contribution in [0.2, 0.25) is 0 Å². The monoisotopic (exact) mass is 488 g/mol. The fraction of sp³-hybridized carbons (Fsp3) is 0.192. The van der Waals surface area contributed by atoms with Crippen LogP contribution in [-0.4, -0.2) is 20.4 Å². The summed E-state index contributed by atoms with van der Waals surface area (Å²) < 4.78 is 1.59. The second-order valence-corrected chi connectivity index (χ2v) is 9.12. The van der Waals surface area contributed by atoms with Gasteiger partial charge in [0.1, 0.15) is 10.9 Å². The molecule has 1 atom stereocenters. The van der Waals surface area contributed by atoms with Crippen LogP contribution in [0.25, 0.3) is 10.9 Å². The molecule has 178 valence electrons. The number of nitro groups is 1. The van der Waals surface area contributed by atoms with Crippen LogP contribution >= 0.6 is 11.8 Å². The molecule has 4 rings (SSSR count). The second kappa shape index (κ2) is 10.5. The summed E-state index contributed by atoms with van der Waals surface area (Å²) in [7, 11) is 0. The molecule has 1 aromatic heterocycles. The van der Waals surface area contributed by atoms with Gasteiger partial charge in [-0.3, -0.25) is 24.3 Å². The lowest BCUT2D eigenvalue weighted by Crippen LogP contribution is -2.25. The third-order valence-electron chi connectivity index (χ3n) is 5.45. The molecule has 0 spiro atoms. The van der Waals surface area contributed by atoms with E-state index in [1.807, 2.05) is 43.3 Å². The second-order valence-electron chi connectivity index (χ2n) is 8.04. The molecule has 1 heterocycles. The highest BCUT2D eigenvalue weighted by molar-refractivity contribution is 8.00. The third kappa shape index (κ3) is 5.25. The summed E-state index contributed by atoms with van der Waals surface area (Å²) in [5.74, 6) is -0.446. The standard InChI is InChI=1S/C26H24N4O4S/c1-3-15-29-25(32)19-11-7-8-12-20(19)28-26(29)35-23(18-9-5-4-6-10-18)24(31)27-21-14-13-17(2)16-22(21)30(33)34/h4-14,16,23H,3,15H2,1-2H3,(H,27,31). The Morgan fingerprint density at radius 2 is 1.83 bits per heavy atom. The van der Waals surface area contributed by atoms with Gasteiger partial charge in [0.2, 0.25) is 5.91 Å². The molecule has 1 unspecified atom stereocenters. The first-order chi connectivity index (χ1) is 16.9. The van der Waals surface area contributed by atoms with E-state index in [0.717, 1.165) is 11.8 Å². The number of thioether (sulfide) groups is 1. The summed E-state index contributed by atoms with van der Waals surface area (Å²) in [5.41, 5.74) is 1.73. The molecule has 0 bridgehead atoms. The molecule has 1 amide bonds. The van der Waals surface area contributed by atoms with E-state index in [9.17, 15) is 19.7 Å². The van der Waals surface area contributed by atoms with Crippen LogP contribution in [0.5, 0.6) is 0 Å². The minimum absolute atomic E-state index is 0.115. The average molecular weight is 489 g/mol. The number of hydrogen-bond donors (Lipinski definition) is 1. The van der Waals surface area contributed by atoms with Crippen molar-refractivity contribution < 1.29 is 9.72 Å². The zero-order valence-electron chi connectivity index (χ0n) is 19.3. The lowest BCUT2D eigenvalue weighted by atomic mass is 10.1. The Bertz CT molecular complexity index is 1450. The van der Waals surface area contributed by atoms with Gasteiger partial charge in [-0.2, -0.15) is 0 Å². The fourth-order valence-electron chi connectivity index (χ4n) is 3.76. The van der Waals surface area contributed by atoms with E-state index >= 15 is 0 Å². The van der Waals surface area contributed by atoms with Gasteiger partial charge >= 0.3 is 0 Å². The van der Waals surface area contributed by atoms with E-state index in [1.54, 1.807) is 35.8 Å². The third-order valence-corrected chi connectivity index (χ3v) is 6.69. The molecular formula is C26H24N4O4S. The number of anilines is 1. The smallest absolute Gasteiger partial charge is 0.293 e. The van der Waals surface area contributed by atoms with Crippen molar-refractivity contribution in [1.82, 2.24) is 9.55 Å². The van der Waals surface area contributed by atoms with Crippen LogP contribution in [0.1, 0.15) is 29.7 Å². The van der Waals surface area contributed by atoms with Crippen LogP contribution in [0, 0.1) is 17.0 Å². The van der Waals surface area contributed by atoms with Crippen LogP contribution < -0.4 is 10.9 Å². The van der Waals surface area contributed by atoms with Crippen molar-refractivity contribution in [2.45, 2.75) is 37.2 Å². The molecule has 1 N–H and O–H groups in total. The Balaban J connectivity index is 1.78. The predicted octanol–water partition coefficient (Wildman–Crippen LogP) is 5.50. The predicted molar refractivity (Wildman–Crippen MR) is 138 cm³/mol. The molecule has 0 radical (unpaired) electrons. The van der Waals surface area contributed by atoms with E-state index < -0.39 is 16.1 Å². The maximum absolute atomic E-state index is 13.5. The molecule has 35 heavy (non-hydrogen) atoms. The van der Waals surface area contributed by atoms with Crippen molar-refractivity contribution in [3.63, 3.8) is 0 Å². The van der Waals surface area contributed by atoms with E-state index in [1.165, 1.54) is 12.1 Å². The number of nitrogens with zero attached hydrogens (tertiary/aromatic N) is 3.